The molecule has 2 rings (SSSR count). The molecule has 0 saturated carbocycles. The summed E-state index contributed by atoms with van der Waals surface area (Å²) in [5.74, 6) is 0. The quantitative estimate of drug-likeness (QED) is 0.654. The molecule has 2 heterocycles. The number of rotatable bonds is 2. The molecule has 0 spiro atoms. The number of aromatic nitrogens is 2. The minimum atomic E-state index is -0.416. The second-order valence-electron chi connectivity index (χ2n) is 3.26. The van der Waals surface area contributed by atoms with Crippen molar-refractivity contribution in [3.05, 3.63) is 12.4 Å². The van der Waals surface area contributed by atoms with Gasteiger partial charge in [-0.1, -0.05) is 0 Å². The van der Waals surface area contributed by atoms with Crippen molar-refractivity contribution in [2.75, 3.05) is 18.5 Å². The van der Waals surface area contributed by atoms with E-state index in [9.17, 15) is 5.11 Å². The van der Waals surface area contributed by atoms with Crippen LogP contribution in [-0.2, 0) is 11.8 Å². The minimum Gasteiger partial charge on any atom is -0.388 e. The Hall–Kier alpha value is -1.07. The number of nitrogens with zero attached hydrogens (tertiary/aromatic N) is 2. The largest absolute Gasteiger partial charge is 0.388 e. The number of ether oxygens (including phenoxy) is 1. The van der Waals surface area contributed by atoms with Crippen molar-refractivity contribution in [1.82, 2.24) is 9.78 Å². The molecular weight excluding hydrogens is 170 g/mol. The molecule has 0 amide bonds. The summed E-state index contributed by atoms with van der Waals surface area (Å²) >= 11 is 0. The lowest BCUT2D eigenvalue weighted by molar-refractivity contribution is 0.125. The summed E-state index contributed by atoms with van der Waals surface area (Å²) in [6.45, 7) is 0.966. The van der Waals surface area contributed by atoms with Crippen LogP contribution in [0, 0.1) is 0 Å². The van der Waals surface area contributed by atoms with Crippen molar-refractivity contribution in [3.63, 3.8) is 0 Å². The molecule has 0 bridgehead atoms. The fourth-order valence-electron chi connectivity index (χ4n) is 1.39. The van der Waals surface area contributed by atoms with Gasteiger partial charge in [0.25, 0.3) is 0 Å². The van der Waals surface area contributed by atoms with Gasteiger partial charge in [-0.05, 0) is 0 Å². The van der Waals surface area contributed by atoms with E-state index in [0.717, 1.165) is 5.69 Å². The summed E-state index contributed by atoms with van der Waals surface area (Å²) in [5, 5.41) is 16.6. The van der Waals surface area contributed by atoms with Crippen molar-refractivity contribution in [2.45, 2.75) is 12.1 Å². The van der Waals surface area contributed by atoms with Crippen molar-refractivity contribution in [2.24, 2.45) is 7.05 Å². The Labute approximate surface area is 76.3 Å². The van der Waals surface area contributed by atoms with Crippen molar-refractivity contribution in [1.29, 1.82) is 0 Å². The Bertz CT molecular complexity index is 287. The van der Waals surface area contributed by atoms with E-state index in [-0.39, 0.29) is 6.04 Å². The van der Waals surface area contributed by atoms with Crippen LogP contribution in [0.2, 0.25) is 0 Å². The Morgan fingerprint density at radius 3 is 3.08 bits per heavy atom. The summed E-state index contributed by atoms with van der Waals surface area (Å²) < 4.78 is 6.82. The van der Waals surface area contributed by atoms with Gasteiger partial charge in [-0.25, -0.2) is 0 Å². The Kier molecular flexibility index (Phi) is 2.20. The van der Waals surface area contributed by atoms with Crippen LogP contribution in [0.4, 0.5) is 5.69 Å². The van der Waals surface area contributed by atoms with Gasteiger partial charge < -0.3 is 15.2 Å². The smallest absolute Gasteiger partial charge is 0.0996 e. The standard InChI is InChI=1S/C8H13N3O2/c1-11-3-6(2-9-11)10-7-4-13-5-8(7)12/h2-3,7-8,10,12H,4-5H2,1H3. The first kappa shape index (κ1) is 8.52. The first-order valence-electron chi connectivity index (χ1n) is 4.27. The first-order chi connectivity index (χ1) is 6.25. The van der Waals surface area contributed by atoms with Crippen molar-refractivity contribution >= 4 is 5.69 Å². The number of aliphatic hydroxyl groups is 1. The lowest BCUT2D eigenvalue weighted by atomic mass is 10.2. The summed E-state index contributed by atoms with van der Waals surface area (Å²) in [7, 11) is 1.85. The zero-order chi connectivity index (χ0) is 9.26. The SMILES string of the molecule is Cn1cc(NC2COCC2O)cn1. The first-order valence-corrected chi connectivity index (χ1v) is 4.27. The highest BCUT2D eigenvalue weighted by Gasteiger charge is 2.25. The Morgan fingerprint density at radius 2 is 2.54 bits per heavy atom. The predicted molar refractivity (Wildman–Crippen MR) is 47.4 cm³/mol. The number of anilines is 1. The molecule has 0 aliphatic carbocycles. The van der Waals surface area contributed by atoms with Crippen LogP contribution in [0.15, 0.2) is 12.4 Å². The summed E-state index contributed by atoms with van der Waals surface area (Å²) in [5.41, 5.74) is 0.914. The molecule has 2 atom stereocenters. The van der Waals surface area contributed by atoms with Crippen LogP contribution in [0.5, 0.6) is 0 Å². The predicted octanol–water partition coefficient (Wildman–Crippen LogP) is -0.408. The molecule has 5 heteroatoms. The van der Waals surface area contributed by atoms with Gasteiger partial charge in [-0.2, -0.15) is 5.10 Å². The molecule has 5 nitrogen and oxygen atoms in total. The van der Waals surface area contributed by atoms with Gasteiger partial charge in [-0.3, -0.25) is 4.68 Å². The molecule has 1 aliphatic rings. The van der Waals surface area contributed by atoms with E-state index < -0.39 is 6.10 Å². The van der Waals surface area contributed by atoms with E-state index in [0.29, 0.717) is 13.2 Å². The average molecular weight is 183 g/mol. The molecule has 1 saturated heterocycles. The van der Waals surface area contributed by atoms with Gasteiger partial charge in [0.1, 0.15) is 0 Å². The highest BCUT2D eigenvalue weighted by atomic mass is 16.5. The molecule has 1 aliphatic heterocycles. The lowest BCUT2D eigenvalue weighted by Gasteiger charge is -2.13. The van der Waals surface area contributed by atoms with Crippen LogP contribution in [0.1, 0.15) is 0 Å². The van der Waals surface area contributed by atoms with E-state index in [2.05, 4.69) is 10.4 Å². The Balaban J connectivity index is 1.97. The summed E-state index contributed by atoms with van der Waals surface area (Å²) in [4.78, 5) is 0. The van der Waals surface area contributed by atoms with E-state index in [1.165, 1.54) is 0 Å². The zero-order valence-corrected chi connectivity index (χ0v) is 7.47. The Morgan fingerprint density at radius 1 is 1.69 bits per heavy atom. The number of hydrogen-bond acceptors (Lipinski definition) is 4. The number of aryl methyl sites for hydroxylation is 1. The van der Waals surface area contributed by atoms with Crippen molar-refractivity contribution < 1.29 is 9.84 Å². The molecule has 0 radical (unpaired) electrons. The van der Waals surface area contributed by atoms with E-state index in [4.69, 9.17) is 4.74 Å². The maximum Gasteiger partial charge on any atom is 0.0996 e. The van der Waals surface area contributed by atoms with Gasteiger partial charge in [0, 0.05) is 13.2 Å². The van der Waals surface area contributed by atoms with Gasteiger partial charge in [0.15, 0.2) is 0 Å². The molecule has 1 aromatic heterocycles. The molecule has 1 aromatic rings. The summed E-state index contributed by atoms with van der Waals surface area (Å²) in [6.07, 6.45) is 3.18. The third-order valence-electron chi connectivity index (χ3n) is 2.11. The fraction of sp³-hybridized carbons (Fsp3) is 0.625. The second kappa shape index (κ2) is 3.35. The van der Waals surface area contributed by atoms with Gasteiger partial charge >= 0.3 is 0 Å². The topological polar surface area (TPSA) is 59.3 Å². The van der Waals surface area contributed by atoms with Gasteiger partial charge in [0.2, 0.25) is 0 Å². The van der Waals surface area contributed by atoms with Crippen LogP contribution in [0.3, 0.4) is 0 Å². The second-order valence-corrected chi connectivity index (χ2v) is 3.26. The molecule has 2 unspecified atom stereocenters. The highest BCUT2D eigenvalue weighted by molar-refractivity contribution is 5.39. The number of hydrogen-bond donors (Lipinski definition) is 2. The third kappa shape index (κ3) is 1.81. The minimum absolute atomic E-state index is 0.0100. The normalized spacial score (nSPS) is 27.8. The summed E-state index contributed by atoms with van der Waals surface area (Å²) in [6, 6.07) is -0.0100. The fourth-order valence-corrected chi connectivity index (χ4v) is 1.39. The lowest BCUT2D eigenvalue weighted by Crippen LogP contribution is -2.31. The van der Waals surface area contributed by atoms with E-state index in [1.807, 2.05) is 13.2 Å². The molecule has 1 fully saturated rings. The molecule has 2 N–H and O–H groups in total. The van der Waals surface area contributed by atoms with Gasteiger partial charge in [-0.15, -0.1) is 0 Å². The van der Waals surface area contributed by atoms with E-state index >= 15 is 0 Å². The van der Waals surface area contributed by atoms with Crippen LogP contribution >= 0.6 is 0 Å². The monoisotopic (exact) mass is 183 g/mol. The molecular formula is C8H13N3O2. The highest BCUT2D eigenvalue weighted by Crippen LogP contribution is 2.12. The molecule has 72 valence electrons. The van der Waals surface area contributed by atoms with Crippen LogP contribution < -0.4 is 5.32 Å². The van der Waals surface area contributed by atoms with Crippen molar-refractivity contribution in [3.8, 4) is 0 Å². The molecule has 0 aromatic carbocycles. The van der Waals surface area contributed by atoms with Crippen LogP contribution in [-0.4, -0.2) is 40.2 Å². The number of nitrogens with one attached hydrogen (secondary N) is 1. The maximum atomic E-state index is 9.44. The van der Waals surface area contributed by atoms with E-state index in [1.54, 1.807) is 10.9 Å². The van der Waals surface area contributed by atoms with Gasteiger partial charge in [0.05, 0.1) is 37.2 Å². The average Bonchev–Trinajstić information content (AvgIpc) is 2.64. The van der Waals surface area contributed by atoms with Crippen LogP contribution in [0.25, 0.3) is 0 Å². The number of aliphatic hydroxyl groups excluding tert-OH is 1. The molecule has 13 heavy (non-hydrogen) atoms. The zero-order valence-electron chi connectivity index (χ0n) is 7.47. The third-order valence-corrected chi connectivity index (χ3v) is 2.11. The maximum absolute atomic E-state index is 9.44.